The number of hydrogen-bond donors (Lipinski definition) is 3. The first kappa shape index (κ1) is 26.0. The lowest BCUT2D eigenvalue weighted by Gasteiger charge is -2.13. The summed E-state index contributed by atoms with van der Waals surface area (Å²) in [5, 5.41) is 9.01. The molecule has 0 atom stereocenters. The van der Waals surface area contributed by atoms with Crippen LogP contribution in [0.5, 0.6) is 11.5 Å². The van der Waals surface area contributed by atoms with Crippen LogP contribution in [-0.2, 0) is 13.0 Å². The zero-order valence-electron chi connectivity index (χ0n) is 18.5. The van der Waals surface area contributed by atoms with Gasteiger partial charge in [-0.2, -0.15) is 0 Å². The smallest absolute Gasteiger partial charge is 0.251 e. The molecule has 33 heavy (non-hydrogen) atoms. The van der Waals surface area contributed by atoms with E-state index < -0.39 is 5.82 Å². The number of benzene rings is 2. The summed E-state index contributed by atoms with van der Waals surface area (Å²) in [6, 6.07) is 15.7. The van der Waals surface area contributed by atoms with Gasteiger partial charge in [0.05, 0.1) is 6.20 Å². The van der Waals surface area contributed by atoms with Gasteiger partial charge in [-0.25, -0.2) is 4.39 Å². The maximum Gasteiger partial charge on any atom is 0.251 e. The predicted octanol–water partition coefficient (Wildman–Crippen LogP) is 3.90. The first-order chi connectivity index (χ1) is 15.6. The number of ether oxygens (including phenoxy) is 1. The highest BCUT2D eigenvalue weighted by Crippen LogP contribution is 2.24. The third-order valence-electron chi connectivity index (χ3n) is 4.66. The molecule has 1 heterocycles. The van der Waals surface area contributed by atoms with Crippen molar-refractivity contribution in [1.29, 1.82) is 0 Å². The van der Waals surface area contributed by atoms with Crippen molar-refractivity contribution in [3.8, 4) is 11.5 Å². The topological polar surface area (TPSA) is 87.6 Å². The lowest BCUT2D eigenvalue weighted by atomic mass is 10.1. The molecule has 9 heteroatoms. The molecule has 1 amide bonds. The summed E-state index contributed by atoms with van der Waals surface area (Å²) in [5.74, 6) is 0.656. The lowest BCUT2D eigenvalue weighted by Crippen LogP contribution is -2.37. The van der Waals surface area contributed by atoms with Crippen LogP contribution in [0.3, 0.4) is 0 Å². The third-order valence-corrected chi connectivity index (χ3v) is 4.66. The number of pyridine rings is 1. The quantitative estimate of drug-likeness (QED) is 0.220. The van der Waals surface area contributed by atoms with Crippen molar-refractivity contribution >= 4 is 35.8 Å². The molecule has 0 unspecified atom stereocenters. The number of carbonyl (C=O) groups is 1. The average molecular weight is 563 g/mol. The molecule has 3 aromatic rings. The summed E-state index contributed by atoms with van der Waals surface area (Å²) in [5.41, 5.74) is 2.42. The van der Waals surface area contributed by atoms with Gasteiger partial charge < -0.3 is 20.7 Å². The molecule has 2 aromatic carbocycles. The van der Waals surface area contributed by atoms with Gasteiger partial charge in [-0.15, -0.1) is 24.0 Å². The molecule has 0 bridgehead atoms. The van der Waals surface area contributed by atoms with Gasteiger partial charge in [0.2, 0.25) is 0 Å². The molecular formula is C24H27FIN5O2. The Morgan fingerprint density at radius 2 is 1.94 bits per heavy atom. The zero-order chi connectivity index (χ0) is 22.8. The number of guanidine groups is 1. The minimum absolute atomic E-state index is 0. The van der Waals surface area contributed by atoms with E-state index in [1.807, 2.05) is 18.2 Å². The van der Waals surface area contributed by atoms with Gasteiger partial charge >= 0.3 is 0 Å². The van der Waals surface area contributed by atoms with Gasteiger partial charge in [0, 0.05) is 38.9 Å². The van der Waals surface area contributed by atoms with Crippen molar-refractivity contribution in [1.82, 2.24) is 20.9 Å². The number of hydrogen-bond acceptors (Lipinski definition) is 4. The van der Waals surface area contributed by atoms with Crippen LogP contribution in [0.4, 0.5) is 4.39 Å². The second-order valence-electron chi connectivity index (χ2n) is 6.94. The highest BCUT2D eigenvalue weighted by molar-refractivity contribution is 14.0. The molecule has 3 rings (SSSR count). The number of rotatable bonds is 8. The van der Waals surface area contributed by atoms with Gasteiger partial charge in [-0.3, -0.25) is 14.8 Å². The summed E-state index contributed by atoms with van der Waals surface area (Å²) in [6.45, 7) is 1.03. The van der Waals surface area contributed by atoms with Crippen LogP contribution in [0, 0.1) is 5.82 Å². The first-order valence-corrected chi connectivity index (χ1v) is 10.2. The highest BCUT2D eigenvalue weighted by atomic mass is 127. The molecule has 0 saturated heterocycles. The minimum atomic E-state index is -0.452. The maximum atomic E-state index is 14.4. The maximum absolute atomic E-state index is 14.4. The summed E-state index contributed by atoms with van der Waals surface area (Å²) in [4.78, 5) is 19.9. The Hall–Kier alpha value is -3.21. The van der Waals surface area contributed by atoms with E-state index in [-0.39, 0.29) is 35.6 Å². The number of halogens is 2. The Morgan fingerprint density at radius 1 is 1.09 bits per heavy atom. The lowest BCUT2D eigenvalue weighted by molar-refractivity contribution is 0.0963. The second-order valence-corrected chi connectivity index (χ2v) is 6.94. The van der Waals surface area contributed by atoms with Crippen molar-refractivity contribution in [2.24, 2.45) is 4.99 Å². The molecule has 0 saturated carbocycles. The molecule has 3 N–H and O–H groups in total. The van der Waals surface area contributed by atoms with Crippen molar-refractivity contribution in [3.63, 3.8) is 0 Å². The van der Waals surface area contributed by atoms with E-state index in [2.05, 4.69) is 25.9 Å². The van der Waals surface area contributed by atoms with Crippen molar-refractivity contribution in [2.75, 3.05) is 20.6 Å². The number of aromatic nitrogens is 1. The molecule has 0 aliphatic rings. The number of carbonyl (C=O) groups excluding carboxylic acids is 1. The molecular weight excluding hydrogens is 536 g/mol. The Labute approximate surface area is 209 Å². The molecule has 174 valence electrons. The minimum Gasteiger partial charge on any atom is -0.453 e. The summed E-state index contributed by atoms with van der Waals surface area (Å²) >= 11 is 0. The van der Waals surface area contributed by atoms with Crippen LogP contribution in [0.1, 0.15) is 21.5 Å². The van der Waals surface area contributed by atoms with E-state index in [0.29, 0.717) is 30.4 Å². The van der Waals surface area contributed by atoms with Crippen molar-refractivity contribution in [3.05, 3.63) is 89.5 Å². The number of aliphatic imine (C=N–C) groups is 1. The van der Waals surface area contributed by atoms with Crippen LogP contribution in [-0.4, -0.2) is 37.5 Å². The molecule has 0 spiro atoms. The van der Waals surface area contributed by atoms with Crippen molar-refractivity contribution < 1.29 is 13.9 Å². The van der Waals surface area contributed by atoms with Crippen molar-refractivity contribution in [2.45, 2.75) is 13.0 Å². The van der Waals surface area contributed by atoms with Crippen LogP contribution >= 0.6 is 24.0 Å². The van der Waals surface area contributed by atoms with Gasteiger partial charge in [-0.05, 0) is 53.9 Å². The molecule has 0 aliphatic heterocycles. The Morgan fingerprint density at radius 3 is 2.64 bits per heavy atom. The standard InChI is InChI=1S/C24H26FN5O2.HI/c1-26-23(31)19-6-3-5-17(13-19)10-12-29-24(27-2)30-15-18-8-9-22(21(25)14-18)32-20-7-4-11-28-16-20;/h3-9,11,13-14,16H,10,12,15H2,1-2H3,(H,26,31)(H2,27,29,30);1H. The van der Waals surface area contributed by atoms with E-state index in [1.165, 1.54) is 12.3 Å². The predicted molar refractivity (Wildman–Crippen MR) is 138 cm³/mol. The summed E-state index contributed by atoms with van der Waals surface area (Å²) in [6.07, 6.45) is 3.88. The highest BCUT2D eigenvalue weighted by Gasteiger charge is 2.08. The normalized spacial score (nSPS) is 10.7. The second kappa shape index (κ2) is 13.4. The largest absolute Gasteiger partial charge is 0.453 e. The monoisotopic (exact) mass is 563 g/mol. The fraction of sp³-hybridized carbons (Fsp3) is 0.208. The van der Waals surface area contributed by atoms with Gasteiger partial charge in [0.15, 0.2) is 17.5 Å². The SMILES string of the molecule is CN=C(NCCc1cccc(C(=O)NC)c1)NCc1ccc(Oc2cccnc2)c(F)c1.I. The zero-order valence-corrected chi connectivity index (χ0v) is 20.8. The third kappa shape index (κ3) is 8.01. The Bertz CT molecular complexity index is 1080. The molecule has 0 radical (unpaired) electrons. The van der Waals surface area contributed by atoms with Crippen LogP contribution in [0.25, 0.3) is 0 Å². The molecule has 0 aliphatic carbocycles. The number of nitrogens with one attached hydrogen (secondary N) is 3. The van der Waals surface area contributed by atoms with Gasteiger partial charge in [0.25, 0.3) is 5.91 Å². The van der Waals surface area contributed by atoms with Crippen LogP contribution in [0.2, 0.25) is 0 Å². The summed E-state index contributed by atoms with van der Waals surface area (Å²) in [7, 11) is 3.28. The van der Waals surface area contributed by atoms with Crippen LogP contribution < -0.4 is 20.7 Å². The first-order valence-electron chi connectivity index (χ1n) is 10.2. The van der Waals surface area contributed by atoms with E-state index in [0.717, 1.165) is 17.5 Å². The van der Waals surface area contributed by atoms with E-state index in [9.17, 15) is 9.18 Å². The molecule has 0 fully saturated rings. The van der Waals surface area contributed by atoms with Gasteiger partial charge in [-0.1, -0.05) is 18.2 Å². The van der Waals surface area contributed by atoms with E-state index >= 15 is 0 Å². The van der Waals surface area contributed by atoms with Gasteiger partial charge in [0.1, 0.15) is 5.75 Å². The average Bonchev–Trinajstić information content (AvgIpc) is 2.83. The molecule has 1 aromatic heterocycles. The molecule has 7 nitrogen and oxygen atoms in total. The van der Waals surface area contributed by atoms with E-state index in [1.54, 1.807) is 50.6 Å². The van der Waals surface area contributed by atoms with E-state index in [4.69, 9.17) is 4.74 Å². The fourth-order valence-electron chi connectivity index (χ4n) is 3.02. The van der Waals surface area contributed by atoms with Crippen LogP contribution in [0.15, 0.2) is 72.0 Å². The summed E-state index contributed by atoms with van der Waals surface area (Å²) < 4.78 is 19.9. The fourth-order valence-corrected chi connectivity index (χ4v) is 3.02. The Kier molecular flexibility index (Phi) is 10.5. The number of amides is 1. The Balaban J connectivity index is 0.00000385. The number of nitrogens with zero attached hydrogens (tertiary/aromatic N) is 2.